The molecule has 4 heteroatoms. The minimum absolute atomic E-state index is 0.107. The molecule has 0 N–H and O–H groups in total. The number of hydrogen-bond donors (Lipinski definition) is 0. The van der Waals surface area contributed by atoms with Crippen molar-refractivity contribution < 1.29 is 13.6 Å². The highest BCUT2D eigenvalue weighted by atomic mass is 19.3. The molecule has 0 unspecified atom stereocenters. The van der Waals surface area contributed by atoms with E-state index in [4.69, 9.17) is 0 Å². The average molecular weight is 245 g/mol. The lowest BCUT2D eigenvalue weighted by atomic mass is 9.99. The molecule has 90 valence electrons. The van der Waals surface area contributed by atoms with E-state index in [1.54, 1.807) is 18.2 Å². The number of para-hydroxylation sites is 1. The number of carbonyl (C=O) groups is 1. The first-order valence-corrected chi connectivity index (χ1v) is 5.54. The van der Waals surface area contributed by atoms with Gasteiger partial charge >= 0.3 is 0 Å². The quantitative estimate of drug-likeness (QED) is 0.711. The SMILES string of the molecule is O=CC1=c2cc3ccccc3nc2=CC(F)(F)C1. The summed E-state index contributed by atoms with van der Waals surface area (Å²) in [6, 6.07) is 8.99. The Morgan fingerprint density at radius 3 is 2.83 bits per heavy atom. The van der Waals surface area contributed by atoms with Gasteiger partial charge in [0.25, 0.3) is 5.92 Å². The maximum Gasteiger partial charge on any atom is 0.272 e. The molecule has 1 aliphatic carbocycles. The van der Waals surface area contributed by atoms with Crippen LogP contribution >= 0.6 is 0 Å². The van der Waals surface area contributed by atoms with E-state index in [9.17, 15) is 13.6 Å². The summed E-state index contributed by atoms with van der Waals surface area (Å²) in [6.07, 6.45) is 0.779. The minimum Gasteiger partial charge on any atom is -0.298 e. The molecule has 0 atom stereocenters. The van der Waals surface area contributed by atoms with Crippen LogP contribution in [-0.2, 0) is 4.79 Å². The summed E-state index contributed by atoms with van der Waals surface area (Å²) in [6.45, 7) is 0. The molecule has 0 saturated heterocycles. The van der Waals surface area contributed by atoms with E-state index in [2.05, 4.69) is 4.98 Å². The van der Waals surface area contributed by atoms with Crippen LogP contribution in [0.1, 0.15) is 6.42 Å². The van der Waals surface area contributed by atoms with Crippen molar-refractivity contribution in [1.29, 1.82) is 0 Å². The third-order valence-electron chi connectivity index (χ3n) is 3.02. The van der Waals surface area contributed by atoms with Crippen molar-refractivity contribution in [2.24, 2.45) is 0 Å². The smallest absolute Gasteiger partial charge is 0.272 e. The molecule has 0 fully saturated rings. The van der Waals surface area contributed by atoms with Gasteiger partial charge in [-0.25, -0.2) is 13.8 Å². The second-order valence-corrected chi connectivity index (χ2v) is 4.34. The van der Waals surface area contributed by atoms with Crippen molar-refractivity contribution in [3.63, 3.8) is 0 Å². The topological polar surface area (TPSA) is 30.0 Å². The molecular weight excluding hydrogens is 236 g/mol. The van der Waals surface area contributed by atoms with Gasteiger partial charge in [0.15, 0.2) is 0 Å². The lowest BCUT2D eigenvalue weighted by molar-refractivity contribution is -0.104. The van der Waals surface area contributed by atoms with Gasteiger partial charge in [-0.3, -0.25) is 4.79 Å². The summed E-state index contributed by atoms with van der Waals surface area (Å²) in [7, 11) is 0. The normalized spacial score (nSPS) is 17.1. The van der Waals surface area contributed by atoms with Gasteiger partial charge in [0.05, 0.1) is 10.9 Å². The number of aromatic nitrogens is 1. The molecule has 3 rings (SSSR count). The van der Waals surface area contributed by atoms with Gasteiger partial charge in [-0.1, -0.05) is 18.2 Å². The number of pyridine rings is 1. The Labute approximate surface area is 101 Å². The second kappa shape index (κ2) is 3.70. The fourth-order valence-corrected chi connectivity index (χ4v) is 2.20. The third kappa shape index (κ3) is 1.70. The molecule has 0 radical (unpaired) electrons. The standard InChI is InChI=1S/C14H9F2NO/c15-14(16)6-10(8-18)11-5-9-3-1-2-4-12(9)17-13(11)7-14/h1-5,7-8H,6H2. The van der Waals surface area contributed by atoms with E-state index >= 15 is 0 Å². The summed E-state index contributed by atoms with van der Waals surface area (Å²) < 4.78 is 26.9. The largest absolute Gasteiger partial charge is 0.298 e. The van der Waals surface area contributed by atoms with Crippen molar-refractivity contribution in [2.75, 3.05) is 0 Å². The van der Waals surface area contributed by atoms with Gasteiger partial charge in [-0.2, -0.15) is 0 Å². The number of hydrogen-bond acceptors (Lipinski definition) is 2. The molecular formula is C14H9F2NO. The van der Waals surface area contributed by atoms with E-state index in [1.165, 1.54) is 0 Å². The van der Waals surface area contributed by atoms with Crippen LogP contribution in [-0.4, -0.2) is 17.2 Å². The van der Waals surface area contributed by atoms with Crippen LogP contribution in [0, 0.1) is 0 Å². The Morgan fingerprint density at radius 2 is 2.06 bits per heavy atom. The highest BCUT2D eigenvalue weighted by molar-refractivity contribution is 6.00. The van der Waals surface area contributed by atoms with Gasteiger partial charge in [-0.15, -0.1) is 0 Å². The fourth-order valence-electron chi connectivity index (χ4n) is 2.20. The number of alkyl halides is 2. The molecule has 0 amide bonds. The molecule has 18 heavy (non-hydrogen) atoms. The van der Waals surface area contributed by atoms with Crippen molar-refractivity contribution in [2.45, 2.75) is 12.3 Å². The van der Waals surface area contributed by atoms with Crippen molar-refractivity contribution in [3.05, 3.63) is 40.9 Å². The maximum absolute atomic E-state index is 13.4. The highest BCUT2D eigenvalue weighted by Gasteiger charge is 2.30. The van der Waals surface area contributed by atoms with E-state index in [1.807, 2.05) is 12.1 Å². The zero-order chi connectivity index (χ0) is 12.8. The molecule has 1 aromatic carbocycles. The summed E-state index contributed by atoms with van der Waals surface area (Å²) >= 11 is 0. The molecule has 1 aliphatic rings. The molecule has 1 aromatic heterocycles. The first kappa shape index (κ1) is 11.0. The average Bonchev–Trinajstić information content (AvgIpc) is 2.34. The van der Waals surface area contributed by atoms with E-state index < -0.39 is 12.3 Å². The molecule has 0 spiro atoms. The number of nitrogens with zero attached hydrogens (tertiary/aromatic N) is 1. The van der Waals surface area contributed by atoms with Gasteiger partial charge in [0.2, 0.25) is 0 Å². The Hall–Kier alpha value is -2.10. The molecule has 2 aromatic rings. The van der Waals surface area contributed by atoms with Crippen molar-refractivity contribution >= 4 is 28.8 Å². The molecule has 2 nitrogen and oxygen atoms in total. The summed E-state index contributed by atoms with van der Waals surface area (Å²) in [5.41, 5.74) is 0.756. The third-order valence-corrected chi connectivity index (χ3v) is 3.02. The lowest BCUT2D eigenvalue weighted by Gasteiger charge is -2.15. The summed E-state index contributed by atoms with van der Waals surface area (Å²) in [5.74, 6) is -3.00. The lowest BCUT2D eigenvalue weighted by Crippen LogP contribution is -2.39. The van der Waals surface area contributed by atoms with Crippen LogP contribution in [0.5, 0.6) is 0 Å². The van der Waals surface area contributed by atoms with Gasteiger partial charge < -0.3 is 0 Å². The Morgan fingerprint density at radius 1 is 1.28 bits per heavy atom. The predicted molar refractivity (Wildman–Crippen MR) is 64.5 cm³/mol. The Balaban J connectivity index is 2.49. The van der Waals surface area contributed by atoms with Gasteiger partial charge in [0.1, 0.15) is 6.29 Å². The highest BCUT2D eigenvalue weighted by Crippen LogP contribution is 2.25. The first-order chi connectivity index (χ1) is 8.59. The van der Waals surface area contributed by atoms with Crippen LogP contribution in [0.15, 0.2) is 30.3 Å². The second-order valence-electron chi connectivity index (χ2n) is 4.34. The number of rotatable bonds is 1. The zero-order valence-corrected chi connectivity index (χ0v) is 9.36. The Kier molecular flexibility index (Phi) is 2.26. The summed E-state index contributed by atoms with van der Waals surface area (Å²) in [5, 5.41) is 1.54. The number of carbonyl (C=O) groups excluding carboxylic acids is 1. The monoisotopic (exact) mass is 245 g/mol. The van der Waals surface area contributed by atoms with Crippen LogP contribution < -0.4 is 10.6 Å². The van der Waals surface area contributed by atoms with Gasteiger partial charge in [-0.05, 0) is 12.1 Å². The van der Waals surface area contributed by atoms with E-state index in [0.717, 1.165) is 11.5 Å². The van der Waals surface area contributed by atoms with Gasteiger partial charge in [0, 0.05) is 28.7 Å². The van der Waals surface area contributed by atoms with Crippen LogP contribution in [0.25, 0.3) is 22.6 Å². The fraction of sp³-hybridized carbons (Fsp3) is 0.143. The number of halogens is 2. The maximum atomic E-state index is 13.4. The molecule has 0 bridgehead atoms. The number of aldehydes is 1. The molecule has 0 aliphatic heterocycles. The summed E-state index contributed by atoms with van der Waals surface area (Å²) in [4.78, 5) is 15.1. The Bertz CT molecular complexity index is 765. The van der Waals surface area contributed by atoms with Crippen LogP contribution in [0.3, 0.4) is 0 Å². The predicted octanol–water partition coefficient (Wildman–Crippen LogP) is 1.40. The molecule has 0 saturated carbocycles. The zero-order valence-electron chi connectivity index (χ0n) is 9.36. The van der Waals surface area contributed by atoms with Crippen LogP contribution in [0.2, 0.25) is 0 Å². The number of fused-ring (bicyclic) bond motifs is 2. The minimum atomic E-state index is -3.00. The van der Waals surface area contributed by atoms with E-state index in [0.29, 0.717) is 17.0 Å². The van der Waals surface area contributed by atoms with Crippen LogP contribution in [0.4, 0.5) is 8.78 Å². The van der Waals surface area contributed by atoms with E-state index in [-0.39, 0.29) is 10.9 Å². The molecule has 1 heterocycles. The van der Waals surface area contributed by atoms with Crippen molar-refractivity contribution in [1.82, 2.24) is 4.98 Å². The first-order valence-electron chi connectivity index (χ1n) is 5.54. The van der Waals surface area contributed by atoms with Crippen molar-refractivity contribution in [3.8, 4) is 0 Å². The number of benzene rings is 1.